The first kappa shape index (κ1) is 19.2. The molecule has 1 aromatic carbocycles. The number of rotatable bonds is 7. The number of nitrogens with zero attached hydrogens (tertiary/aromatic N) is 2. The molecule has 0 aliphatic carbocycles. The van der Waals surface area contributed by atoms with E-state index in [0.717, 1.165) is 30.3 Å². The Morgan fingerprint density at radius 1 is 1.24 bits per heavy atom. The minimum Gasteiger partial charge on any atom is -0.497 e. The molecule has 138 valence electrons. The fourth-order valence-corrected chi connectivity index (χ4v) is 3.33. The van der Waals surface area contributed by atoms with Crippen LogP contribution >= 0.6 is 11.8 Å². The Balaban J connectivity index is 1.92. The van der Waals surface area contributed by atoms with Gasteiger partial charge < -0.3 is 25.6 Å². The molecule has 0 radical (unpaired) electrons. The molecule has 1 atom stereocenters. The predicted molar refractivity (Wildman–Crippen MR) is 101 cm³/mol. The number of methoxy groups -OCH3 is 1. The molecule has 0 bridgehead atoms. The molecule has 1 heterocycles. The van der Waals surface area contributed by atoms with Crippen LogP contribution in [0.1, 0.15) is 6.42 Å². The highest BCUT2D eigenvalue weighted by atomic mass is 32.2. The van der Waals surface area contributed by atoms with E-state index < -0.39 is 12.1 Å². The summed E-state index contributed by atoms with van der Waals surface area (Å²) in [6, 6.07) is 6.71. The lowest BCUT2D eigenvalue weighted by molar-refractivity contribution is -0.133. The highest BCUT2D eigenvalue weighted by Crippen LogP contribution is 2.20. The number of hydrogen-bond donors (Lipinski definition) is 2. The van der Waals surface area contributed by atoms with Crippen molar-refractivity contribution in [1.82, 2.24) is 10.2 Å². The van der Waals surface area contributed by atoms with Gasteiger partial charge in [0, 0.05) is 31.9 Å². The van der Waals surface area contributed by atoms with Crippen molar-refractivity contribution in [2.75, 3.05) is 50.2 Å². The van der Waals surface area contributed by atoms with Crippen LogP contribution < -0.4 is 20.7 Å². The summed E-state index contributed by atoms with van der Waals surface area (Å²) in [5.41, 5.74) is 6.32. The van der Waals surface area contributed by atoms with Gasteiger partial charge in [0.05, 0.1) is 7.11 Å². The average molecular weight is 366 g/mol. The highest BCUT2D eigenvalue weighted by Gasteiger charge is 2.28. The Bertz CT molecular complexity index is 574. The van der Waals surface area contributed by atoms with Gasteiger partial charge in [0.1, 0.15) is 11.8 Å². The van der Waals surface area contributed by atoms with Gasteiger partial charge in [-0.05, 0) is 42.7 Å². The predicted octanol–water partition coefficient (Wildman–Crippen LogP) is 1.13. The summed E-state index contributed by atoms with van der Waals surface area (Å²) in [4.78, 5) is 27.9. The quantitative estimate of drug-likeness (QED) is 0.755. The van der Waals surface area contributed by atoms with Gasteiger partial charge in [0.15, 0.2) is 0 Å². The second-order valence-corrected chi connectivity index (χ2v) is 6.84. The number of amides is 3. The summed E-state index contributed by atoms with van der Waals surface area (Å²) in [6.45, 7) is 2.76. The summed E-state index contributed by atoms with van der Waals surface area (Å²) in [5.74, 6) is 1.57. The number of anilines is 1. The molecule has 0 aromatic heterocycles. The summed E-state index contributed by atoms with van der Waals surface area (Å²) in [7, 11) is 1.65. The Morgan fingerprint density at radius 3 is 2.40 bits per heavy atom. The zero-order chi connectivity index (χ0) is 18.2. The first-order valence-electron chi connectivity index (χ1n) is 8.28. The van der Waals surface area contributed by atoms with Crippen molar-refractivity contribution in [3.63, 3.8) is 0 Å². The maximum atomic E-state index is 12.7. The van der Waals surface area contributed by atoms with Gasteiger partial charge in [0.2, 0.25) is 5.91 Å². The number of primary amides is 1. The van der Waals surface area contributed by atoms with Crippen LogP contribution in [-0.2, 0) is 4.79 Å². The average Bonchev–Trinajstić information content (AvgIpc) is 2.64. The molecule has 1 aliphatic rings. The molecule has 0 spiro atoms. The number of benzene rings is 1. The lowest BCUT2D eigenvalue weighted by Crippen LogP contribution is -2.55. The van der Waals surface area contributed by atoms with Crippen LogP contribution in [0.2, 0.25) is 0 Å². The Kier molecular flexibility index (Phi) is 7.24. The smallest absolute Gasteiger partial charge is 0.312 e. The standard InChI is InChI=1S/C17H26N4O3S/c1-24-14-5-3-13(4-6-14)20-8-10-21(11-9-20)16(22)15(7-12-25-2)19-17(18)23/h3-6,15H,7-12H2,1-2H3,(H3,18,19,23)/t15-/m0/s1. The molecule has 7 nitrogen and oxygen atoms in total. The van der Waals surface area contributed by atoms with E-state index in [1.54, 1.807) is 23.8 Å². The van der Waals surface area contributed by atoms with Crippen molar-refractivity contribution in [2.45, 2.75) is 12.5 Å². The minimum atomic E-state index is -0.656. The normalized spacial score (nSPS) is 15.6. The highest BCUT2D eigenvalue weighted by molar-refractivity contribution is 7.98. The minimum absolute atomic E-state index is 0.0535. The molecule has 3 N–H and O–H groups in total. The largest absolute Gasteiger partial charge is 0.497 e. The van der Waals surface area contributed by atoms with Gasteiger partial charge in [0.25, 0.3) is 0 Å². The van der Waals surface area contributed by atoms with Gasteiger partial charge in [-0.1, -0.05) is 0 Å². The zero-order valence-electron chi connectivity index (χ0n) is 14.7. The number of urea groups is 1. The fraction of sp³-hybridized carbons (Fsp3) is 0.529. The number of ether oxygens (including phenoxy) is 1. The lowest BCUT2D eigenvalue weighted by atomic mass is 10.1. The molecule has 25 heavy (non-hydrogen) atoms. The number of nitrogens with one attached hydrogen (secondary N) is 1. The molecular formula is C17H26N4O3S. The molecule has 8 heteroatoms. The topological polar surface area (TPSA) is 87.9 Å². The molecule has 3 amide bonds. The molecule has 0 unspecified atom stereocenters. The maximum absolute atomic E-state index is 12.7. The van der Waals surface area contributed by atoms with E-state index >= 15 is 0 Å². The second-order valence-electron chi connectivity index (χ2n) is 5.85. The Hall–Kier alpha value is -2.09. The molecule has 1 saturated heterocycles. The molecule has 1 aliphatic heterocycles. The molecule has 0 saturated carbocycles. The SMILES string of the molecule is COc1ccc(N2CCN(C(=O)[C@H](CCSC)NC(N)=O)CC2)cc1. The summed E-state index contributed by atoms with van der Waals surface area (Å²) >= 11 is 1.64. The number of piperazine rings is 1. The molecular weight excluding hydrogens is 340 g/mol. The van der Waals surface area contributed by atoms with Crippen LogP contribution in [0.4, 0.5) is 10.5 Å². The number of carbonyl (C=O) groups excluding carboxylic acids is 2. The van der Waals surface area contributed by atoms with Crippen LogP contribution in [-0.4, -0.2) is 68.2 Å². The fourth-order valence-electron chi connectivity index (χ4n) is 2.86. The van der Waals surface area contributed by atoms with Crippen molar-refractivity contribution < 1.29 is 14.3 Å². The van der Waals surface area contributed by atoms with Crippen LogP contribution in [0.5, 0.6) is 5.75 Å². The van der Waals surface area contributed by atoms with Crippen LogP contribution in [0.3, 0.4) is 0 Å². The number of nitrogens with two attached hydrogens (primary N) is 1. The first-order valence-corrected chi connectivity index (χ1v) is 9.67. The van der Waals surface area contributed by atoms with Crippen LogP contribution in [0.15, 0.2) is 24.3 Å². The summed E-state index contributed by atoms with van der Waals surface area (Å²) < 4.78 is 5.18. The van der Waals surface area contributed by atoms with Crippen molar-refractivity contribution in [2.24, 2.45) is 5.73 Å². The lowest BCUT2D eigenvalue weighted by Gasteiger charge is -2.37. The van der Waals surface area contributed by atoms with Crippen molar-refractivity contribution in [3.8, 4) is 5.75 Å². The molecule has 1 aromatic rings. The van der Waals surface area contributed by atoms with Crippen LogP contribution in [0, 0.1) is 0 Å². The van der Waals surface area contributed by atoms with E-state index in [2.05, 4.69) is 10.2 Å². The Labute approximate surface area is 152 Å². The monoisotopic (exact) mass is 366 g/mol. The van der Waals surface area contributed by atoms with E-state index in [1.165, 1.54) is 0 Å². The van der Waals surface area contributed by atoms with E-state index in [1.807, 2.05) is 30.5 Å². The number of carbonyl (C=O) groups is 2. The van der Waals surface area contributed by atoms with Gasteiger partial charge in [-0.2, -0.15) is 11.8 Å². The first-order chi connectivity index (χ1) is 12.0. The van der Waals surface area contributed by atoms with Gasteiger partial charge >= 0.3 is 6.03 Å². The molecule has 1 fully saturated rings. The third-order valence-electron chi connectivity index (χ3n) is 4.25. The van der Waals surface area contributed by atoms with Crippen molar-refractivity contribution >= 4 is 29.4 Å². The van der Waals surface area contributed by atoms with Crippen molar-refractivity contribution in [3.05, 3.63) is 24.3 Å². The van der Waals surface area contributed by atoms with E-state index in [9.17, 15) is 9.59 Å². The summed E-state index contributed by atoms with van der Waals surface area (Å²) in [5, 5.41) is 2.57. The third kappa shape index (κ3) is 5.45. The summed E-state index contributed by atoms with van der Waals surface area (Å²) in [6.07, 6.45) is 2.56. The molecule has 2 rings (SSSR count). The van der Waals surface area contributed by atoms with Crippen LogP contribution in [0.25, 0.3) is 0 Å². The Morgan fingerprint density at radius 2 is 1.88 bits per heavy atom. The van der Waals surface area contributed by atoms with Crippen molar-refractivity contribution in [1.29, 1.82) is 0 Å². The van der Waals surface area contributed by atoms with Gasteiger partial charge in [-0.3, -0.25) is 4.79 Å². The number of thioether (sulfide) groups is 1. The van der Waals surface area contributed by atoms with E-state index in [-0.39, 0.29) is 5.91 Å². The van der Waals surface area contributed by atoms with E-state index in [0.29, 0.717) is 19.5 Å². The number of hydrogen-bond acceptors (Lipinski definition) is 5. The third-order valence-corrected chi connectivity index (χ3v) is 4.90. The maximum Gasteiger partial charge on any atom is 0.312 e. The van der Waals surface area contributed by atoms with Gasteiger partial charge in [-0.25, -0.2) is 4.79 Å². The van der Waals surface area contributed by atoms with Gasteiger partial charge in [-0.15, -0.1) is 0 Å². The second kappa shape index (κ2) is 9.41. The van der Waals surface area contributed by atoms with E-state index in [4.69, 9.17) is 10.5 Å². The zero-order valence-corrected chi connectivity index (χ0v) is 15.6.